The lowest BCUT2D eigenvalue weighted by molar-refractivity contribution is -0.132. The highest BCUT2D eigenvalue weighted by atomic mass is 35.5. The second-order valence-corrected chi connectivity index (χ2v) is 9.64. The lowest BCUT2D eigenvalue weighted by Gasteiger charge is -2.36. The molecule has 1 fully saturated rings. The van der Waals surface area contributed by atoms with E-state index in [0.717, 1.165) is 54.6 Å². The van der Waals surface area contributed by atoms with Crippen LogP contribution in [-0.2, 0) is 4.79 Å². The summed E-state index contributed by atoms with van der Waals surface area (Å²) in [6.45, 7) is 6.43. The van der Waals surface area contributed by atoms with E-state index >= 15 is 0 Å². The number of unbranched alkanes of at least 4 members (excludes halogenated alkanes) is 1. The van der Waals surface area contributed by atoms with Gasteiger partial charge in [0.25, 0.3) is 0 Å². The van der Waals surface area contributed by atoms with Gasteiger partial charge in [-0.05, 0) is 74.0 Å². The molecule has 4 rings (SSSR count). The molecule has 172 valence electrons. The minimum atomic E-state index is -0.858. The molecule has 8 heteroatoms. The van der Waals surface area contributed by atoms with Crippen molar-refractivity contribution in [2.24, 2.45) is 5.73 Å². The van der Waals surface area contributed by atoms with E-state index in [1.807, 2.05) is 30.3 Å². The fraction of sp³-hybridized carbons (Fsp3) is 0.375. The van der Waals surface area contributed by atoms with Crippen molar-refractivity contribution in [2.45, 2.75) is 17.7 Å². The summed E-state index contributed by atoms with van der Waals surface area (Å²) in [7, 11) is 0. The average Bonchev–Trinajstić information content (AvgIpc) is 2.79. The zero-order valence-corrected chi connectivity index (χ0v) is 20.3. The Morgan fingerprint density at radius 1 is 1.03 bits per heavy atom. The molecule has 2 aliphatic heterocycles. The number of aliphatic carboxylic acids is 1. The van der Waals surface area contributed by atoms with E-state index in [0.29, 0.717) is 16.3 Å². The first-order valence-corrected chi connectivity index (χ1v) is 12.5. The van der Waals surface area contributed by atoms with Crippen LogP contribution in [0.4, 0.5) is 5.69 Å². The number of carboxylic acid groups (broad SMARTS) is 1. The van der Waals surface area contributed by atoms with Crippen molar-refractivity contribution in [1.29, 1.82) is 0 Å². The van der Waals surface area contributed by atoms with Crippen molar-refractivity contribution in [1.82, 2.24) is 4.90 Å². The first-order chi connectivity index (χ1) is 15.5. The number of rotatable bonds is 6. The molecule has 0 unspecified atom stereocenters. The van der Waals surface area contributed by atoms with Gasteiger partial charge in [0.05, 0.1) is 0 Å². The molecule has 3 N–H and O–H groups in total. The van der Waals surface area contributed by atoms with E-state index in [9.17, 15) is 4.79 Å². The van der Waals surface area contributed by atoms with E-state index in [-0.39, 0.29) is 0 Å². The monoisotopic (exact) mass is 493 g/mol. The fourth-order valence-electron chi connectivity index (χ4n) is 3.65. The lowest BCUT2D eigenvalue weighted by Crippen LogP contribution is -2.46. The summed E-state index contributed by atoms with van der Waals surface area (Å²) in [6.07, 6.45) is 4.03. The van der Waals surface area contributed by atoms with Crippen LogP contribution in [0.2, 0.25) is 10.0 Å². The maximum atomic E-state index is 10.7. The number of hydrogen-bond donors (Lipinski definition) is 2. The topological polar surface area (TPSA) is 69.8 Å². The molecule has 0 amide bonds. The molecular weight excluding hydrogens is 465 g/mol. The maximum Gasteiger partial charge on any atom is 0.332 e. The zero-order chi connectivity index (χ0) is 22.9. The van der Waals surface area contributed by atoms with Gasteiger partial charge in [-0.1, -0.05) is 29.3 Å². The van der Waals surface area contributed by atoms with E-state index < -0.39 is 5.97 Å². The molecule has 0 bridgehead atoms. The zero-order valence-electron chi connectivity index (χ0n) is 18.0. The summed E-state index contributed by atoms with van der Waals surface area (Å²) in [5.41, 5.74) is 8.07. The van der Waals surface area contributed by atoms with Crippen molar-refractivity contribution < 1.29 is 9.90 Å². The van der Waals surface area contributed by atoms with Crippen LogP contribution in [0.15, 0.2) is 52.9 Å². The van der Waals surface area contributed by atoms with Crippen LogP contribution in [0.3, 0.4) is 0 Å². The van der Waals surface area contributed by atoms with Crippen LogP contribution in [-0.4, -0.2) is 61.0 Å². The van der Waals surface area contributed by atoms with Crippen LogP contribution in [0.1, 0.15) is 18.4 Å². The number of nitrogens with two attached hydrogens (primary N) is 1. The summed E-state index contributed by atoms with van der Waals surface area (Å²) >= 11 is 13.4. The minimum absolute atomic E-state index is 0.421. The molecule has 1 saturated heterocycles. The Hall–Kier alpha value is -1.70. The number of hydrogen-bond acceptors (Lipinski definition) is 5. The second kappa shape index (κ2) is 12.5. The minimum Gasteiger partial charge on any atom is -0.478 e. The van der Waals surface area contributed by atoms with E-state index in [1.165, 1.54) is 30.4 Å². The molecule has 5 nitrogen and oxygen atoms in total. The third-order valence-corrected chi connectivity index (χ3v) is 7.04. The SMILES string of the molecule is NCCCCN1CCN(c2cccc(Cl)c2)CC1.O=C(O)C1=Cc2cc(Cl)ccc2SC1. The van der Waals surface area contributed by atoms with Gasteiger partial charge in [0.1, 0.15) is 0 Å². The number of carbonyl (C=O) groups is 1. The average molecular weight is 494 g/mol. The number of thioether (sulfide) groups is 1. The number of piperazine rings is 1. The van der Waals surface area contributed by atoms with Crippen LogP contribution in [0.25, 0.3) is 6.08 Å². The number of nitrogens with zero attached hydrogens (tertiary/aromatic N) is 2. The van der Waals surface area contributed by atoms with Crippen LogP contribution in [0.5, 0.6) is 0 Å². The number of halogens is 2. The van der Waals surface area contributed by atoms with Gasteiger partial charge >= 0.3 is 5.97 Å². The molecule has 2 heterocycles. The predicted molar refractivity (Wildman–Crippen MR) is 136 cm³/mol. The molecule has 32 heavy (non-hydrogen) atoms. The summed E-state index contributed by atoms with van der Waals surface area (Å²) in [5.74, 6) is -0.340. The molecule has 0 aliphatic carbocycles. The van der Waals surface area contributed by atoms with Gasteiger partial charge in [0.15, 0.2) is 0 Å². The number of carboxylic acids is 1. The molecule has 2 aromatic rings. The lowest BCUT2D eigenvalue weighted by atomic mass is 10.1. The third-order valence-electron chi connectivity index (χ3n) is 5.43. The number of anilines is 1. The van der Waals surface area contributed by atoms with Crippen LogP contribution < -0.4 is 10.6 Å². The molecule has 0 spiro atoms. The van der Waals surface area contributed by atoms with Crippen molar-refractivity contribution >= 4 is 52.7 Å². The maximum absolute atomic E-state index is 10.7. The van der Waals surface area contributed by atoms with Gasteiger partial charge in [-0.3, -0.25) is 4.90 Å². The van der Waals surface area contributed by atoms with E-state index in [4.69, 9.17) is 34.0 Å². The van der Waals surface area contributed by atoms with Crippen LogP contribution in [0, 0.1) is 0 Å². The molecule has 2 aromatic carbocycles. The molecule has 0 radical (unpaired) electrons. The molecule has 0 atom stereocenters. The summed E-state index contributed by atoms with van der Waals surface area (Å²) in [6, 6.07) is 13.6. The first kappa shape index (κ1) is 24.9. The van der Waals surface area contributed by atoms with Gasteiger partial charge in [0, 0.05) is 58.1 Å². The van der Waals surface area contributed by atoms with Gasteiger partial charge < -0.3 is 15.7 Å². The highest BCUT2D eigenvalue weighted by Crippen LogP contribution is 2.33. The van der Waals surface area contributed by atoms with E-state index in [1.54, 1.807) is 12.1 Å². The van der Waals surface area contributed by atoms with Gasteiger partial charge in [-0.15, -0.1) is 11.8 Å². The fourth-order valence-corrected chi connectivity index (χ4v) is 4.99. The van der Waals surface area contributed by atoms with Gasteiger partial charge in [0.2, 0.25) is 0 Å². The number of fused-ring (bicyclic) bond motifs is 1. The Morgan fingerprint density at radius 2 is 1.78 bits per heavy atom. The van der Waals surface area contributed by atoms with Crippen molar-refractivity contribution in [3.63, 3.8) is 0 Å². The molecule has 0 aromatic heterocycles. The Kier molecular flexibility index (Phi) is 9.75. The standard InChI is InChI=1S/C14H22ClN3.C10H7ClO2S/c15-13-4-3-5-14(12-13)18-10-8-17(9-11-18)7-2-1-6-16;11-8-1-2-9-6(4-8)3-7(5-14-9)10(12)13/h3-5,12H,1-2,6-11,16H2;1-4H,5H2,(H,12,13). The van der Waals surface area contributed by atoms with Crippen molar-refractivity contribution in [2.75, 3.05) is 49.9 Å². The van der Waals surface area contributed by atoms with Gasteiger partial charge in [-0.25, -0.2) is 4.79 Å². The predicted octanol–water partition coefficient (Wildman–Crippen LogP) is 5.11. The molecule has 2 aliphatic rings. The summed E-state index contributed by atoms with van der Waals surface area (Å²) in [5, 5.41) is 10.3. The highest BCUT2D eigenvalue weighted by molar-refractivity contribution is 7.99. The quantitative estimate of drug-likeness (QED) is 0.544. The van der Waals surface area contributed by atoms with Crippen molar-refractivity contribution in [3.8, 4) is 0 Å². The first-order valence-electron chi connectivity index (χ1n) is 10.8. The number of benzene rings is 2. The second-order valence-electron chi connectivity index (χ2n) is 7.75. The van der Waals surface area contributed by atoms with Crippen LogP contribution >= 0.6 is 35.0 Å². The summed E-state index contributed by atoms with van der Waals surface area (Å²) in [4.78, 5) is 16.7. The van der Waals surface area contributed by atoms with E-state index in [2.05, 4.69) is 15.9 Å². The Morgan fingerprint density at radius 3 is 2.47 bits per heavy atom. The normalized spacial score (nSPS) is 16.0. The van der Waals surface area contributed by atoms with Gasteiger partial charge in [-0.2, -0.15) is 0 Å². The highest BCUT2D eigenvalue weighted by Gasteiger charge is 2.17. The Bertz CT molecular complexity index is 947. The Balaban J connectivity index is 0.000000186. The van der Waals surface area contributed by atoms with Crippen molar-refractivity contribution in [3.05, 3.63) is 63.6 Å². The third kappa shape index (κ3) is 7.42. The molecular formula is C24H29Cl2N3O2S. The largest absolute Gasteiger partial charge is 0.478 e. The molecule has 0 saturated carbocycles. The Labute approximate surface area is 204 Å². The summed E-state index contributed by atoms with van der Waals surface area (Å²) < 4.78 is 0. The smallest absolute Gasteiger partial charge is 0.332 e.